The van der Waals surface area contributed by atoms with E-state index in [9.17, 15) is 24.0 Å². The van der Waals surface area contributed by atoms with Crippen molar-refractivity contribution in [3.63, 3.8) is 0 Å². The SMILES string of the molecule is NC(=O)c1ccc(N2C3CCC2CN(CC2CCN(c4cc5c(cc4F)C(=O)N(C4CCC(=O)NC4=O)C5=O)CC2)C3)nn1. The number of nitrogens with one attached hydrogen (secondary N) is 1. The van der Waals surface area contributed by atoms with Gasteiger partial charge in [-0.3, -0.25) is 39.1 Å². The Morgan fingerprint density at radius 3 is 2.23 bits per heavy atom. The van der Waals surface area contributed by atoms with Crippen molar-refractivity contribution in [1.29, 1.82) is 0 Å². The van der Waals surface area contributed by atoms with Gasteiger partial charge in [-0.05, 0) is 62.3 Å². The second-order valence-corrected chi connectivity index (χ2v) is 12.4. The predicted octanol–water partition coefficient (Wildman–Crippen LogP) is 0.685. The first-order chi connectivity index (χ1) is 21.2. The van der Waals surface area contributed by atoms with Crippen molar-refractivity contribution < 1.29 is 28.4 Å². The van der Waals surface area contributed by atoms with Crippen molar-refractivity contribution in [2.75, 3.05) is 42.5 Å². The van der Waals surface area contributed by atoms with Crippen molar-refractivity contribution in [2.45, 2.75) is 56.7 Å². The zero-order chi connectivity index (χ0) is 30.7. The van der Waals surface area contributed by atoms with Gasteiger partial charge in [-0.1, -0.05) is 0 Å². The lowest BCUT2D eigenvalue weighted by atomic mass is 9.94. The van der Waals surface area contributed by atoms with E-state index in [0.29, 0.717) is 31.1 Å². The number of primary amides is 1. The molecule has 44 heavy (non-hydrogen) atoms. The number of imide groups is 2. The first kappa shape index (κ1) is 28.3. The van der Waals surface area contributed by atoms with Crippen LogP contribution in [0.3, 0.4) is 0 Å². The summed E-state index contributed by atoms with van der Waals surface area (Å²) in [7, 11) is 0. The Hall–Kier alpha value is -4.46. The van der Waals surface area contributed by atoms with Crippen LogP contribution in [0.5, 0.6) is 0 Å². The highest BCUT2D eigenvalue weighted by molar-refractivity contribution is 6.23. The third-order valence-corrected chi connectivity index (χ3v) is 9.70. The Balaban J connectivity index is 0.970. The smallest absolute Gasteiger partial charge is 0.269 e. The van der Waals surface area contributed by atoms with Crippen molar-refractivity contribution in [3.05, 3.63) is 46.9 Å². The third-order valence-electron chi connectivity index (χ3n) is 9.70. The highest BCUT2D eigenvalue weighted by Crippen LogP contribution is 2.36. The van der Waals surface area contributed by atoms with Gasteiger partial charge in [0.05, 0.1) is 16.8 Å². The van der Waals surface area contributed by atoms with E-state index in [1.807, 2.05) is 11.0 Å². The molecule has 5 amide bonds. The van der Waals surface area contributed by atoms with Crippen LogP contribution in [0.1, 0.15) is 69.7 Å². The number of piperidine rings is 2. The monoisotopic (exact) mass is 604 g/mol. The normalized spacial score (nSPS) is 25.9. The molecule has 0 radical (unpaired) electrons. The molecule has 5 aliphatic heterocycles. The van der Waals surface area contributed by atoms with Crippen molar-refractivity contribution >= 4 is 41.0 Å². The molecular weight excluding hydrogens is 571 g/mol. The lowest BCUT2D eigenvalue weighted by molar-refractivity contribution is -0.136. The van der Waals surface area contributed by atoms with Gasteiger partial charge in [0.1, 0.15) is 11.9 Å². The van der Waals surface area contributed by atoms with Gasteiger partial charge in [-0.25, -0.2) is 4.39 Å². The van der Waals surface area contributed by atoms with E-state index in [4.69, 9.17) is 5.73 Å². The molecule has 3 atom stereocenters. The number of hydrogen-bond donors (Lipinski definition) is 2. The summed E-state index contributed by atoms with van der Waals surface area (Å²) in [6.45, 7) is 4.01. The van der Waals surface area contributed by atoms with E-state index < -0.39 is 41.4 Å². The van der Waals surface area contributed by atoms with Crippen LogP contribution in [0.2, 0.25) is 0 Å². The van der Waals surface area contributed by atoms with Gasteiger partial charge in [0.2, 0.25) is 11.8 Å². The van der Waals surface area contributed by atoms with Crippen LogP contribution in [-0.4, -0.2) is 100 Å². The topological polar surface area (TPSA) is 162 Å². The van der Waals surface area contributed by atoms with Gasteiger partial charge in [0, 0.05) is 51.2 Å². The fourth-order valence-electron chi connectivity index (χ4n) is 7.55. The number of piperazine rings is 1. The zero-order valence-electron chi connectivity index (χ0n) is 24.1. The molecule has 0 spiro atoms. The molecule has 2 bridgehead atoms. The molecule has 3 N–H and O–H groups in total. The Kier molecular flexibility index (Phi) is 7.03. The third kappa shape index (κ3) is 4.86. The average molecular weight is 605 g/mol. The fraction of sp³-hybridized carbons (Fsp3) is 0.500. The zero-order valence-corrected chi connectivity index (χ0v) is 24.1. The van der Waals surface area contributed by atoms with E-state index in [1.54, 1.807) is 6.07 Å². The van der Waals surface area contributed by atoms with Gasteiger partial charge < -0.3 is 15.5 Å². The minimum Gasteiger partial charge on any atom is -0.369 e. The highest BCUT2D eigenvalue weighted by Gasteiger charge is 2.46. The fourth-order valence-corrected chi connectivity index (χ4v) is 7.55. The van der Waals surface area contributed by atoms with Gasteiger partial charge in [0.25, 0.3) is 17.7 Å². The van der Waals surface area contributed by atoms with Gasteiger partial charge in [-0.15, -0.1) is 10.2 Å². The summed E-state index contributed by atoms with van der Waals surface area (Å²) in [6, 6.07) is 5.53. The predicted molar refractivity (Wildman–Crippen MR) is 154 cm³/mol. The number of nitrogens with zero attached hydrogens (tertiary/aromatic N) is 6. The van der Waals surface area contributed by atoms with Crippen molar-refractivity contribution in [2.24, 2.45) is 11.7 Å². The van der Waals surface area contributed by atoms with Crippen LogP contribution in [0.4, 0.5) is 15.9 Å². The van der Waals surface area contributed by atoms with Gasteiger partial charge >= 0.3 is 0 Å². The average Bonchev–Trinajstić information content (AvgIpc) is 3.41. The summed E-state index contributed by atoms with van der Waals surface area (Å²) < 4.78 is 15.3. The van der Waals surface area contributed by atoms with Crippen LogP contribution < -0.4 is 20.9 Å². The van der Waals surface area contributed by atoms with Gasteiger partial charge in [-0.2, -0.15) is 0 Å². The standard InChI is InChI=1S/C30H33FN8O5/c31-21-11-19-20(30(44)39(29(19)43)23-4-6-26(40)33-28(23)42)12-24(21)37-9-7-16(8-10-37)13-36-14-17-1-2-18(15-36)38(17)25-5-3-22(27(32)41)34-35-25/h3,5,11-12,16-18,23H,1-2,4,6-10,13-15H2,(H2,32,41)(H,33,40,42). The first-order valence-electron chi connectivity index (χ1n) is 15.1. The first-order valence-corrected chi connectivity index (χ1v) is 15.1. The largest absolute Gasteiger partial charge is 0.369 e. The molecule has 230 valence electrons. The van der Waals surface area contributed by atoms with Crippen LogP contribution >= 0.6 is 0 Å². The summed E-state index contributed by atoms with van der Waals surface area (Å²) in [5.41, 5.74) is 5.77. The molecule has 4 saturated heterocycles. The number of hydrogen-bond acceptors (Lipinski definition) is 10. The molecule has 14 heteroatoms. The Morgan fingerprint density at radius 2 is 1.61 bits per heavy atom. The molecule has 1 aromatic carbocycles. The summed E-state index contributed by atoms with van der Waals surface area (Å²) in [5.74, 6) is -2.46. The molecule has 7 rings (SSSR count). The van der Waals surface area contributed by atoms with E-state index in [2.05, 4.69) is 25.3 Å². The van der Waals surface area contributed by atoms with E-state index in [-0.39, 0.29) is 35.3 Å². The Bertz CT molecular complexity index is 1550. The lowest BCUT2D eigenvalue weighted by Gasteiger charge is -2.43. The second kappa shape index (κ2) is 10.9. The number of carbonyl (C=O) groups excluding carboxylic acids is 5. The molecule has 0 aliphatic carbocycles. The molecule has 13 nitrogen and oxygen atoms in total. The highest BCUT2D eigenvalue weighted by atomic mass is 19.1. The van der Waals surface area contributed by atoms with Crippen LogP contribution in [-0.2, 0) is 9.59 Å². The minimum atomic E-state index is -1.09. The van der Waals surface area contributed by atoms with Crippen molar-refractivity contribution in [1.82, 2.24) is 25.3 Å². The number of likely N-dealkylation sites (tertiary alicyclic amines) is 1. The maximum Gasteiger partial charge on any atom is 0.269 e. The van der Waals surface area contributed by atoms with Crippen LogP contribution in [0, 0.1) is 11.7 Å². The van der Waals surface area contributed by atoms with E-state index in [1.165, 1.54) is 6.07 Å². The number of anilines is 2. The Morgan fingerprint density at radius 1 is 0.932 bits per heavy atom. The lowest BCUT2D eigenvalue weighted by Crippen LogP contribution is -2.55. The quantitative estimate of drug-likeness (QED) is 0.449. The molecule has 5 aliphatic rings. The number of rotatable bonds is 6. The number of benzene rings is 1. The number of halogens is 1. The van der Waals surface area contributed by atoms with Crippen LogP contribution in [0.25, 0.3) is 0 Å². The second-order valence-electron chi connectivity index (χ2n) is 12.4. The minimum absolute atomic E-state index is 0.0241. The molecule has 4 fully saturated rings. The maximum absolute atomic E-state index is 15.3. The molecule has 2 aromatic rings. The van der Waals surface area contributed by atoms with E-state index in [0.717, 1.165) is 62.1 Å². The van der Waals surface area contributed by atoms with Crippen LogP contribution in [0.15, 0.2) is 24.3 Å². The molecule has 3 unspecified atom stereocenters. The molecule has 0 saturated carbocycles. The summed E-state index contributed by atoms with van der Waals surface area (Å²) in [5, 5.41) is 10.4. The number of nitrogens with two attached hydrogens (primary N) is 1. The number of fused-ring (bicyclic) bond motifs is 3. The van der Waals surface area contributed by atoms with E-state index >= 15 is 4.39 Å². The number of aromatic nitrogens is 2. The van der Waals surface area contributed by atoms with Gasteiger partial charge in [0.15, 0.2) is 11.5 Å². The number of carbonyl (C=O) groups is 5. The molecule has 1 aromatic heterocycles. The summed E-state index contributed by atoms with van der Waals surface area (Å²) in [4.78, 5) is 69.1. The van der Waals surface area contributed by atoms with Crippen molar-refractivity contribution in [3.8, 4) is 0 Å². The Labute approximate surface area is 252 Å². The maximum atomic E-state index is 15.3. The molecular formula is C30H33FN8O5. The summed E-state index contributed by atoms with van der Waals surface area (Å²) >= 11 is 0. The molecule has 6 heterocycles. The summed E-state index contributed by atoms with van der Waals surface area (Å²) in [6.07, 6.45) is 3.93. The number of amides is 5.